The number of hydrogen-bond acceptors (Lipinski definition) is 2. The zero-order valence-corrected chi connectivity index (χ0v) is 9.62. The number of carbonyl (C=O) groups is 1. The van der Waals surface area contributed by atoms with Gasteiger partial charge < -0.3 is 10.6 Å². The van der Waals surface area contributed by atoms with Crippen molar-refractivity contribution in [2.75, 3.05) is 12.4 Å². The summed E-state index contributed by atoms with van der Waals surface area (Å²) in [6.07, 6.45) is 3.28. The summed E-state index contributed by atoms with van der Waals surface area (Å²) in [7, 11) is 1.92. The molecule has 16 heavy (non-hydrogen) atoms. The molecule has 2 N–H and O–H groups in total. The first kappa shape index (κ1) is 11.1. The van der Waals surface area contributed by atoms with Gasteiger partial charge in [-0.05, 0) is 37.6 Å². The maximum Gasteiger partial charge on any atom is 0.227 e. The van der Waals surface area contributed by atoms with Gasteiger partial charge in [0.1, 0.15) is 0 Å². The molecule has 1 aliphatic rings. The Balaban J connectivity index is 1.91. The molecule has 1 aromatic rings. The van der Waals surface area contributed by atoms with Gasteiger partial charge in [0.15, 0.2) is 0 Å². The number of carbonyl (C=O) groups excluding carboxylic acids is 1. The van der Waals surface area contributed by atoms with Gasteiger partial charge in [0.2, 0.25) is 5.91 Å². The molecule has 0 radical (unpaired) electrons. The van der Waals surface area contributed by atoms with E-state index in [4.69, 9.17) is 0 Å². The van der Waals surface area contributed by atoms with Crippen LogP contribution in [0.5, 0.6) is 0 Å². The van der Waals surface area contributed by atoms with Crippen LogP contribution in [0.1, 0.15) is 24.8 Å². The normalized spacial score (nSPS) is 15.6. The second kappa shape index (κ2) is 5.12. The lowest BCUT2D eigenvalue weighted by Gasteiger charge is -2.24. The Morgan fingerprint density at radius 3 is 2.50 bits per heavy atom. The van der Waals surface area contributed by atoms with E-state index in [0.29, 0.717) is 0 Å². The molecule has 0 bridgehead atoms. The summed E-state index contributed by atoms with van der Waals surface area (Å²) in [5.41, 5.74) is 2.13. The van der Waals surface area contributed by atoms with Crippen LogP contribution < -0.4 is 10.6 Å². The van der Waals surface area contributed by atoms with E-state index in [1.807, 2.05) is 31.3 Å². The highest BCUT2D eigenvalue weighted by molar-refractivity contribution is 5.92. The molecule has 1 fully saturated rings. The minimum atomic E-state index is 0.174. The predicted molar refractivity (Wildman–Crippen MR) is 65.2 cm³/mol. The molecule has 0 aliphatic heterocycles. The average molecular weight is 218 g/mol. The summed E-state index contributed by atoms with van der Waals surface area (Å²) in [5, 5.41) is 6.05. The third-order valence-electron chi connectivity index (χ3n) is 3.08. The largest absolute Gasteiger partial charge is 0.326 e. The van der Waals surface area contributed by atoms with E-state index in [1.165, 1.54) is 12.0 Å². The summed E-state index contributed by atoms with van der Waals surface area (Å²) in [6, 6.07) is 7.99. The van der Waals surface area contributed by atoms with E-state index < -0.39 is 0 Å². The Labute approximate surface area is 96.2 Å². The molecule has 3 heteroatoms. The standard InChI is InChI=1S/C13H18N2O/c1-14-9-10-5-7-12(8-6-10)15-13(16)11-3-2-4-11/h5-8,11,14H,2-4,9H2,1H3,(H,15,16). The SMILES string of the molecule is CNCc1ccc(NC(=O)C2CCC2)cc1. The van der Waals surface area contributed by atoms with Crippen LogP contribution in [0.3, 0.4) is 0 Å². The van der Waals surface area contributed by atoms with E-state index in [-0.39, 0.29) is 11.8 Å². The molecular weight excluding hydrogens is 200 g/mol. The smallest absolute Gasteiger partial charge is 0.227 e. The number of nitrogens with one attached hydrogen (secondary N) is 2. The van der Waals surface area contributed by atoms with Gasteiger partial charge in [-0.3, -0.25) is 4.79 Å². The lowest BCUT2D eigenvalue weighted by Crippen LogP contribution is -2.27. The van der Waals surface area contributed by atoms with Crippen molar-refractivity contribution in [2.45, 2.75) is 25.8 Å². The van der Waals surface area contributed by atoms with Gasteiger partial charge in [0.05, 0.1) is 0 Å². The molecule has 86 valence electrons. The predicted octanol–water partition coefficient (Wildman–Crippen LogP) is 2.14. The number of hydrogen-bond donors (Lipinski definition) is 2. The van der Waals surface area contributed by atoms with Gasteiger partial charge in [0.25, 0.3) is 0 Å². The van der Waals surface area contributed by atoms with Gasteiger partial charge in [0, 0.05) is 18.2 Å². The summed E-state index contributed by atoms with van der Waals surface area (Å²) in [6.45, 7) is 0.858. The first-order valence-corrected chi connectivity index (χ1v) is 5.84. The molecule has 0 saturated heterocycles. The molecular formula is C13H18N2O. The van der Waals surface area contributed by atoms with Crippen molar-refractivity contribution in [1.29, 1.82) is 0 Å². The van der Waals surface area contributed by atoms with Crippen LogP contribution in [0.25, 0.3) is 0 Å². The molecule has 0 aromatic heterocycles. The van der Waals surface area contributed by atoms with Crippen molar-refractivity contribution in [1.82, 2.24) is 5.32 Å². The fourth-order valence-corrected chi connectivity index (χ4v) is 1.82. The van der Waals surface area contributed by atoms with Crippen molar-refractivity contribution >= 4 is 11.6 Å². The summed E-state index contributed by atoms with van der Waals surface area (Å²) < 4.78 is 0. The third kappa shape index (κ3) is 2.61. The highest BCUT2D eigenvalue weighted by Gasteiger charge is 2.24. The minimum Gasteiger partial charge on any atom is -0.326 e. The highest BCUT2D eigenvalue weighted by Crippen LogP contribution is 2.27. The summed E-state index contributed by atoms with van der Waals surface area (Å²) in [5.74, 6) is 0.421. The number of benzene rings is 1. The van der Waals surface area contributed by atoms with Crippen molar-refractivity contribution in [2.24, 2.45) is 5.92 Å². The Morgan fingerprint density at radius 1 is 1.31 bits per heavy atom. The van der Waals surface area contributed by atoms with Crippen LogP contribution in [-0.4, -0.2) is 13.0 Å². The number of anilines is 1. The fraction of sp³-hybridized carbons (Fsp3) is 0.462. The third-order valence-corrected chi connectivity index (χ3v) is 3.08. The molecule has 0 spiro atoms. The molecule has 0 unspecified atom stereocenters. The molecule has 0 heterocycles. The molecule has 1 aromatic carbocycles. The second-order valence-electron chi connectivity index (χ2n) is 4.34. The number of rotatable bonds is 4. The second-order valence-corrected chi connectivity index (χ2v) is 4.34. The van der Waals surface area contributed by atoms with Crippen LogP contribution in [0.15, 0.2) is 24.3 Å². The monoisotopic (exact) mass is 218 g/mol. The van der Waals surface area contributed by atoms with Crippen LogP contribution in [-0.2, 0) is 11.3 Å². The van der Waals surface area contributed by atoms with E-state index >= 15 is 0 Å². The van der Waals surface area contributed by atoms with Gasteiger partial charge in [-0.25, -0.2) is 0 Å². The zero-order chi connectivity index (χ0) is 11.4. The van der Waals surface area contributed by atoms with E-state index in [1.54, 1.807) is 0 Å². The molecule has 1 saturated carbocycles. The van der Waals surface area contributed by atoms with Crippen LogP contribution >= 0.6 is 0 Å². The maximum atomic E-state index is 11.7. The van der Waals surface area contributed by atoms with Gasteiger partial charge in [-0.1, -0.05) is 18.6 Å². The topological polar surface area (TPSA) is 41.1 Å². The maximum absolute atomic E-state index is 11.7. The minimum absolute atomic E-state index is 0.174. The quantitative estimate of drug-likeness (QED) is 0.813. The van der Waals surface area contributed by atoms with Gasteiger partial charge >= 0.3 is 0 Å². The van der Waals surface area contributed by atoms with E-state index in [0.717, 1.165) is 25.1 Å². The van der Waals surface area contributed by atoms with E-state index in [2.05, 4.69) is 10.6 Å². The van der Waals surface area contributed by atoms with Crippen LogP contribution in [0.2, 0.25) is 0 Å². The van der Waals surface area contributed by atoms with Crippen molar-refractivity contribution in [3.63, 3.8) is 0 Å². The summed E-state index contributed by atoms with van der Waals surface area (Å²) in [4.78, 5) is 11.7. The molecule has 3 nitrogen and oxygen atoms in total. The molecule has 0 atom stereocenters. The summed E-state index contributed by atoms with van der Waals surface area (Å²) >= 11 is 0. The van der Waals surface area contributed by atoms with E-state index in [9.17, 15) is 4.79 Å². The molecule has 1 aliphatic carbocycles. The number of amides is 1. The van der Waals surface area contributed by atoms with Gasteiger partial charge in [-0.2, -0.15) is 0 Å². The first-order chi connectivity index (χ1) is 7.79. The zero-order valence-electron chi connectivity index (χ0n) is 9.62. The van der Waals surface area contributed by atoms with Crippen LogP contribution in [0.4, 0.5) is 5.69 Å². The molecule has 2 rings (SSSR count). The van der Waals surface area contributed by atoms with Gasteiger partial charge in [-0.15, -0.1) is 0 Å². The average Bonchev–Trinajstić information content (AvgIpc) is 2.18. The highest BCUT2D eigenvalue weighted by atomic mass is 16.1. The van der Waals surface area contributed by atoms with Crippen LogP contribution in [0, 0.1) is 5.92 Å². The lowest BCUT2D eigenvalue weighted by molar-refractivity contribution is -0.122. The van der Waals surface area contributed by atoms with Crippen molar-refractivity contribution in [3.8, 4) is 0 Å². The Hall–Kier alpha value is -1.35. The Bertz CT molecular complexity index is 355. The van der Waals surface area contributed by atoms with Crippen molar-refractivity contribution < 1.29 is 4.79 Å². The lowest BCUT2D eigenvalue weighted by atomic mass is 9.85. The first-order valence-electron chi connectivity index (χ1n) is 5.84. The fourth-order valence-electron chi connectivity index (χ4n) is 1.82. The molecule has 1 amide bonds. The Kier molecular flexibility index (Phi) is 3.57. The van der Waals surface area contributed by atoms with Crippen molar-refractivity contribution in [3.05, 3.63) is 29.8 Å². The Morgan fingerprint density at radius 2 is 2.00 bits per heavy atom.